The number of amides is 2. The lowest BCUT2D eigenvalue weighted by Crippen LogP contribution is -2.35. The van der Waals surface area contributed by atoms with Crippen LogP contribution in [0.15, 0.2) is 46.3 Å². The first-order chi connectivity index (χ1) is 13.8. The third-order valence-corrected chi connectivity index (χ3v) is 7.63. The quantitative estimate of drug-likeness (QED) is 0.645. The molecule has 0 aliphatic carbocycles. The largest absolute Gasteiger partial charge is 0.369 e. The van der Waals surface area contributed by atoms with Gasteiger partial charge in [-0.3, -0.25) is 9.59 Å². The van der Waals surface area contributed by atoms with E-state index in [1.807, 2.05) is 0 Å². The maximum absolute atomic E-state index is 12.9. The molecule has 1 aliphatic rings. The summed E-state index contributed by atoms with van der Waals surface area (Å²) in [6.07, 6.45) is 4.19. The minimum Gasteiger partial charge on any atom is -0.369 e. The minimum atomic E-state index is -3.62. The number of thioether (sulfide) groups is 1. The van der Waals surface area contributed by atoms with Gasteiger partial charge in [0, 0.05) is 31.2 Å². The first kappa shape index (κ1) is 21.4. The number of hydrogen-bond donors (Lipinski definition) is 2. The van der Waals surface area contributed by atoms with Crippen LogP contribution in [0.3, 0.4) is 0 Å². The smallest absolute Gasteiger partial charge is 0.272 e. The molecule has 1 aromatic carbocycles. The molecule has 10 heteroatoms. The Morgan fingerprint density at radius 1 is 1.17 bits per heavy atom. The second-order valence-corrected chi connectivity index (χ2v) is 9.80. The Morgan fingerprint density at radius 3 is 2.55 bits per heavy atom. The van der Waals surface area contributed by atoms with Gasteiger partial charge in [0.25, 0.3) is 5.91 Å². The maximum Gasteiger partial charge on any atom is 0.272 e. The molecule has 2 heterocycles. The second kappa shape index (κ2) is 9.02. The van der Waals surface area contributed by atoms with E-state index in [0.717, 1.165) is 19.3 Å². The molecule has 0 atom stereocenters. The van der Waals surface area contributed by atoms with Gasteiger partial charge in [0.1, 0.15) is 10.6 Å². The van der Waals surface area contributed by atoms with E-state index < -0.39 is 21.8 Å². The van der Waals surface area contributed by atoms with Crippen LogP contribution in [-0.2, 0) is 21.9 Å². The summed E-state index contributed by atoms with van der Waals surface area (Å²) in [5.41, 5.74) is 5.96. The highest BCUT2D eigenvalue weighted by molar-refractivity contribution is 8.00. The molecule has 0 saturated carbocycles. The summed E-state index contributed by atoms with van der Waals surface area (Å²) in [4.78, 5) is 24.7. The summed E-state index contributed by atoms with van der Waals surface area (Å²) >= 11 is 1.23. The Balaban J connectivity index is 1.80. The normalized spacial score (nSPS) is 15.2. The number of carbonyl (C=O) groups excluding carboxylic acids is 2. The summed E-state index contributed by atoms with van der Waals surface area (Å²) in [7, 11) is -1.98. The predicted octanol–water partition coefficient (Wildman–Crippen LogP) is 2.03. The number of nitrogens with one attached hydrogen (secondary N) is 1. The number of rotatable bonds is 7. The molecule has 2 aromatic rings. The predicted molar refractivity (Wildman–Crippen MR) is 112 cm³/mol. The molecular formula is C19H24N4O4S2. The lowest BCUT2D eigenvalue weighted by atomic mass is 10.2. The monoisotopic (exact) mass is 436 g/mol. The van der Waals surface area contributed by atoms with Crippen LogP contribution >= 0.6 is 11.8 Å². The van der Waals surface area contributed by atoms with Crippen molar-refractivity contribution in [3.8, 4) is 0 Å². The van der Waals surface area contributed by atoms with Gasteiger partial charge in [-0.2, -0.15) is 4.31 Å². The molecule has 3 N–H and O–H groups in total. The summed E-state index contributed by atoms with van der Waals surface area (Å²) in [6, 6.07) is 8.46. The fourth-order valence-corrected chi connectivity index (χ4v) is 5.52. The number of carbonyl (C=O) groups is 2. The van der Waals surface area contributed by atoms with Crippen LogP contribution in [0.2, 0.25) is 0 Å². The molecule has 1 aromatic heterocycles. The van der Waals surface area contributed by atoms with Gasteiger partial charge < -0.3 is 15.6 Å². The molecule has 0 spiro atoms. The van der Waals surface area contributed by atoms with Gasteiger partial charge in [0.05, 0.1) is 11.4 Å². The molecule has 1 saturated heterocycles. The average molecular weight is 437 g/mol. The van der Waals surface area contributed by atoms with Gasteiger partial charge >= 0.3 is 0 Å². The standard InChI is InChI=1S/C19H24N4O4S2/c1-22-12-14(29(26,27)23-9-5-2-6-10-23)11-16(22)19(25)21-15-7-3-4-8-17(15)28-13-18(20)24/h3-4,7-8,11-12H,2,5-6,9-10,13H2,1H3,(H2,20,24)(H,21,25). The van der Waals surface area contributed by atoms with Crippen molar-refractivity contribution in [2.75, 3.05) is 24.2 Å². The molecule has 8 nitrogen and oxygen atoms in total. The molecule has 2 amide bonds. The zero-order valence-corrected chi connectivity index (χ0v) is 17.8. The lowest BCUT2D eigenvalue weighted by Gasteiger charge is -2.25. The van der Waals surface area contributed by atoms with E-state index in [-0.39, 0.29) is 16.3 Å². The van der Waals surface area contributed by atoms with Gasteiger partial charge in [-0.25, -0.2) is 8.42 Å². The van der Waals surface area contributed by atoms with Crippen LogP contribution in [0, 0.1) is 0 Å². The fraction of sp³-hybridized carbons (Fsp3) is 0.368. The van der Waals surface area contributed by atoms with E-state index in [9.17, 15) is 18.0 Å². The maximum atomic E-state index is 12.9. The minimum absolute atomic E-state index is 0.0925. The van der Waals surface area contributed by atoms with E-state index >= 15 is 0 Å². The number of aromatic nitrogens is 1. The number of para-hydroxylation sites is 1. The summed E-state index contributed by atoms with van der Waals surface area (Å²) < 4.78 is 28.7. The summed E-state index contributed by atoms with van der Waals surface area (Å²) in [5.74, 6) is -0.791. The highest BCUT2D eigenvalue weighted by Crippen LogP contribution is 2.28. The first-order valence-corrected chi connectivity index (χ1v) is 11.7. The molecule has 156 valence electrons. The molecule has 1 fully saturated rings. The van der Waals surface area contributed by atoms with Crippen LogP contribution in [0.4, 0.5) is 5.69 Å². The van der Waals surface area contributed by atoms with E-state index in [1.165, 1.54) is 32.9 Å². The Bertz CT molecular complexity index is 1010. The molecule has 1 aliphatic heterocycles. The van der Waals surface area contributed by atoms with Crippen molar-refractivity contribution in [2.24, 2.45) is 12.8 Å². The highest BCUT2D eigenvalue weighted by atomic mass is 32.2. The van der Waals surface area contributed by atoms with Crippen molar-refractivity contribution >= 4 is 39.3 Å². The Labute approximate surface area is 174 Å². The molecule has 3 rings (SSSR count). The van der Waals surface area contributed by atoms with E-state index in [0.29, 0.717) is 23.7 Å². The van der Waals surface area contributed by atoms with E-state index in [1.54, 1.807) is 31.3 Å². The summed E-state index contributed by atoms with van der Waals surface area (Å²) in [5, 5.41) is 2.79. The number of benzene rings is 1. The molecule has 0 bridgehead atoms. The third-order valence-electron chi connectivity index (χ3n) is 4.67. The first-order valence-electron chi connectivity index (χ1n) is 9.27. The second-order valence-electron chi connectivity index (χ2n) is 6.84. The number of nitrogens with two attached hydrogens (primary N) is 1. The Hall–Kier alpha value is -2.30. The molecule has 0 unspecified atom stereocenters. The van der Waals surface area contributed by atoms with Crippen LogP contribution in [0.25, 0.3) is 0 Å². The number of nitrogens with zero attached hydrogens (tertiary/aromatic N) is 2. The highest BCUT2D eigenvalue weighted by Gasteiger charge is 2.28. The van der Waals surface area contributed by atoms with Crippen LogP contribution in [0.5, 0.6) is 0 Å². The van der Waals surface area contributed by atoms with Crippen LogP contribution < -0.4 is 11.1 Å². The summed E-state index contributed by atoms with van der Waals surface area (Å²) in [6.45, 7) is 1.01. The van der Waals surface area contributed by atoms with Crippen molar-refractivity contribution in [1.82, 2.24) is 8.87 Å². The van der Waals surface area contributed by atoms with Crippen molar-refractivity contribution < 1.29 is 18.0 Å². The number of primary amides is 1. The van der Waals surface area contributed by atoms with Gasteiger partial charge in [-0.05, 0) is 31.0 Å². The number of hydrogen-bond acceptors (Lipinski definition) is 5. The number of anilines is 1. The molecule has 29 heavy (non-hydrogen) atoms. The Kier molecular flexibility index (Phi) is 6.66. The van der Waals surface area contributed by atoms with E-state index in [2.05, 4.69) is 5.32 Å². The molecule has 0 radical (unpaired) electrons. The SMILES string of the molecule is Cn1cc(S(=O)(=O)N2CCCCC2)cc1C(=O)Nc1ccccc1SCC(N)=O. The van der Waals surface area contributed by atoms with Gasteiger partial charge in [0.2, 0.25) is 15.9 Å². The zero-order valence-electron chi connectivity index (χ0n) is 16.1. The van der Waals surface area contributed by atoms with E-state index in [4.69, 9.17) is 5.73 Å². The molecular weight excluding hydrogens is 412 g/mol. The van der Waals surface area contributed by atoms with Gasteiger partial charge in [-0.15, -0.1) is 11.8 Å². The number of sulfonamides is 1. The van der Waals surface area contributed by atoms with Crippen molar-refractivity contribution in [3.63, 3.8) is 0 Å². The average Bonchev–Trinajstić information content (AvgIpc) is 3.10. The third kappa shape index (κ3) is 5.01. The van der Waals surface area contributed by atoms with Crippen molar-refractivity contribution in [1.29, 1.82) is 0 Å². The van der Waals surface area contributed by atoms with Crippen molar-refractivity contribution in [3.05, 3.63) is 42.2 Å². The number of piperidine rings is 1. The van der Waals surface area contributed by atoms with Crippen LogP contribution in [-0.4, -0.2) is 47.9 Å². The van der Waals surface area contributed by atoms with Crippen molar-refractivity contribution in [2.45, 2.75) is 29.1 Å². The van der Waals surface area contributed by atoms with Gasteiger partial charge in [-0.1, -0.05) is 18.6 Å². The zero-order chi connectivity index (χ0) is 21.0. The topological polar surface area (TPSA) is 114 Å². The number of aryl methyl sites for hydroxylation is 1. The van der Waals surface area contributed by atoms with Crippen LogP contribution in [0.1, 0.15) is 29.8 Å². The lowest BCUT2D eigenvalue weighted by molar-refractivity contribution is -0.115. The Morgan fingerprint density at radius 2 is 1.86 bits per heavy atom. The van der Waals surface area contributed by atoms with Gasteiger partial charge in [0.15, 0.2) is 0 Å². The fourth-order valence-electron chi connectivity index (χ4n) is 3.19.